The van der Waals surface area contributed by atoms with Crippen molar-refractivity contribution in [2.45, 2.75) is 32.3 Å². The van der Waals surface area contributed by atoms with Crippen LogP contribution >= 0.6 is 0 Å². The van der Waals surface area contributed by atoms with Gasteiger partial charge in [-0.3, -0.25) is 4.79 Å². The minimum absolute atomic E-state index is 0.313. The number of amides is 1. The van der Waals surface area contributed by atoms with Crippen molar-refractivity contribution in [3.05, 3.63) is 0 Å². The molecule has 2 aliphatic rings. The predicted molar refractivity (Wildman–Crippen MR) is 75.2 cm³/mol. The lowest BCUT2D eigenvalue weighted by atomic mass is 10.1. The molecule has 0 saturated carbocycles. The van der Waals surface area contributed by atoms with Crippen LogP contribution in [-0.4, -0.2) is 74.2 Å². The van der Waals surface area contributed by atoms with Gasteiger partial charge in [0.05, 0.1) is 6.10 Å². The van der Waals surface area contributed by atoms with Crippen LogP contribution < -0.4 is 5.32 Å². The summed E-state index contributed by atoms with van der Waals surface area (Å²) in [6.07, 6.45) is 3.31. The summed E-state index contributed by atoms with van der Waals surface area (Å²) < 4.78 is 5.64. The van der Waals surface area contributed by atoms with E-state index in [0.29, 0.717) is 18.4 Å². The van der Waals surface area contributed by atoms with Crippen molar-refractivity contribution in [1.82, 2.24) is 15.1 Å². The summed E-state index contributed by atoms with van der Waals surface area (Å²) in [5.41, 5.74) is 0. The molecule has 5 heteroatoms. The van der Waals surface area contributed by atoms with Crippen molar-refractivity contribution >= 4 is 5.91 Å². The molecule has 19 heavy (non-hydrogen) atoms. The molecular weight excluding hydrogens is 242 g/mol. The molecule has 0 unspecified atom stereocenters. The van der Waals surface area contributed by atoms with E-state index in [1.54, 1.807) is 0 Å². The second kappa shape index (κ2) is 7.82. The van der Waals surface area contributed by atoms with Gasteiger partial charge in [0.15, 0.2) is 0 Å². The third-order valence-corrected chi connectivity index (χ3v) is 4.05. The fraction of sp³-hybridized carbons (Fsp3) is 0.929. The van der Waals surface area contributed by atoms with Crippen LogP contribution in [0.3, 0.4) is 0 Å². The molecule has 2 fully saturated rings. The first kappa shape index (κ1) is 14.8. The molecule has 2 saturated heterocycles. The van der Waals surface area contributed by atoms with E-state index in [4.69, 9.17) is 4.74 Å². The fourth-order valence-electron chi connectivity index (χ4n) is 2.86. The van der Waals surface area contributed by atoms with Gasteiger partial charge < -0.3 is 19.9 Å². The Kier molecular flexibility index (Phi) is 6.07. The standard InChI is InChI=1S/C14H27N3O2/c1-2-19-13-3-8-16(9-4-13)10-5-14(18)17-11-6-15-7-12-17/h13,15H,2-12H2,1H3. The average molecular weight is 269 g/mol. The molecule has 0 radical (unpaired) electrons. The van der Waals surface area contributed by atoms with E-state index in [9.17, 15) is 4.79 Å². The van der Waals surface area contributed by atoms with Crippen molar-refractivity contribution in [3.63, 3.8) is 0 Å². The molecule has 0 spiro atoms. The van der Waals surface area contributed by atoms with E-state index in [2.05, 4.69) is 17.1 Å². The lowest BCUT2D eigenvalue weighted by Gasteiger charge is -2.32. The number of nitrogens with zero attached hydrogens (tertiary/aromatic N) is 2. The second-order valence-electron chi connectivity index (χ2n) is 5.38. The Morgan fingerprint density at radius 2 is 1.89 bits per heavy atom. The Hall–Kier alpha value is -0.650. The molecule has 0 aromatic rings. The molecule has 2 heterocycles. The van der Waals surface area contributed by atoms with Gasteiger partial charge in [-0.15, -0.1) is 0 Å². The molecule has 110 valence electrons. The Morgan fingerprint density at radius 3 is 2.53 bits per heavy atom. The van der Waals surface area contributed by atoms with Crippen LogP contribution in [0.4, 0.5) is 0 Å². The first-order valence-electron chi connectivity index (χ1n) is 7.62. The maximum Gasteiger partial charge on any atom is 0.223 e. The van der Waals surface area contributed by atoms with E-state index in [0.717, 1.165) is 65.3 Å². The molecule has 0 aromatic carbocycles. The van der Waals surface area contributed by atoms with Crippen LogP contribution in [0.15, 0.2) is 0 Å². The number of carbonyl (C=O) groups is 1. The molecule has 0 atom stereocenters. The third kappa shape index (κ3) is 4.75. The lowest BCUT2D eigenvalue weighted by molar-refractivity contribution is -0.132. The second-order valence-corrected chi connectivity index (χ2v) is 5.38. The lowest BCUT2D eigenvalue weighted by Crippen LogP contribution is -2.47. The van der Waals surface area contributed by atoms with Gasteiger partial charge >= 0.3 is 0 Å². The molecule has 1 amide bonds. The summed E-state index contributed by atoms with van der Waals surface area (Å²) in [4.78, 5) is 16.4. The fourth-order valence-corrected chi connectivity index (χ4v) is 2.86. The van der Waals surface area contributed by atoms with Gasteiger partial charge in [-0.05, 0) is 19.8 Å². The summed E-state index contributed by atoms with van der Waals surface area (Å²) in [5, 5.41) is 3.27. The molecule has 5 nitrogen and oxygen atoms in total. The largest absolute Gasteiger partial charge is 0.378 e. The molecule has 2 aliphatic heterocycles. The molecule has 0 aliphatic carbocycles. The Labute approximate surface area is 116 Å². The predicted octanol–water partition coefficient (Wildman–Crippen LogP) is 0.309. The van der Waals surface area contributed by atoms with Crippen molar-refractivity contribution in [2.24, 2.45) is 0 Å². The first-order chi connectivity index (χ1) is 9.29. The molecule has 0 aromatic heterocycles. The number of likely N-dealkylation sites (tertiary alicyclic amines) is 1. The smallest absolute Gasteiger partial charge is 0.223 e. The zero-order valence-electron chi connectivity index (χ0n) is 12.1. The highest BCUT2D eigenvalue weighted by Gasteiger charge is 2.21. The van der Waals surface area contributed by atoms with Crippen LogP contribution in [0.5, 0.6) is 0 Å². The average Bonchev–Trinajstić information content (AvgIpc) is 2.47. The first-order valence-corrected chi connectivity index (χ1v) is 7.62. The highest BCUT2D eigenvalue weighted by molar-refractivity contribution is 5.76. The number of rotatable bonds is 5. The zero-order chi connectivity index (χ0) is 13.5. The van der Waals surface area contributed by atoms with E-state index in [1.807, 2.05) is 4.90 Å². The quantitative estimate of drug-likeness (QED) is 0.780. The van der Waals surface area contributed by atoms with E-state index >= 15 is 0 Å². The summed E-state index contributed by atoms with van der Waals surface area (Å²) >= 11 is 0. The monoisotopic (exact) mass is 269 g/mol. The van der Waals surface area contributed by atoms with Crippen molar-refractivity contribution in [2.75, 3.05) is 52.4 Å². The van der Waals surface area contributed by atoms with Crippen LogP contribution in [0.2, 0.25) is 0 Å². The van der Waals surface area contributed by atoms with Gasteiger partial charge in [-0.1, -0.05) is 0 Å². The number of carbonyl (C=O) groups excluding carboxylic acids is 1. The molecule has 0 bridgehead atoms. The topological polar surface area (TPSA) is 44.8 Å². The molecule has 2 rings (SSSR count). The van der Waals surface area contributed by atoms with E-state index in [1.165, 1.54) is 0 Å². The number of piperidine rings is 1. The number of nitrogens with one attached hydrogen (secondary N) is 1. The number of hydrogen-bond acceptors (Lipinski definition) is 4. The SMILES string of the molecule is CCOC1CCN(CCC(=O)N2CCNCC2)CC1. The Morgan fingerprint density at radius 1 is 1.21 bits per heavy atom. The van der Waals surface area contributed by atoms with Crippen molar-refractivity contribution in [3.8, 4) is 0 Å². The van der Waals surface area contributed by atoms with Crippen LogP contribution in [0.25, 0.3) is 0 Å². The summed E-state index contributed by atoms with van der Waals surface area (Å²) in [7, 11) is 0. The van der Waals surface area contributed by atoms with Gasteiger partial charge in [0, 0.05) is 58.8 Å². The van der Waals surface area contributed by atoms with Gasteiger partial charge in [-0.2, -0.15) is 0 Å². The Bertz CT molecular complexity index is 272. The van der Waals surface area contributed by atoms with Gasteiger partial charge in [0.1, 0.15) is 0 Å². The third-order valence-electron chi connectivity index (χ3n) is 4.05. The van der Waals surface area contributed by atoms with Gasteiger partial charge in [0.2, 0.25) is 5.91 Å². The van der Waals surface area contributed by atoms with E-state index < -0.39 is 0 Å². The molecule has 1 N–H and O–H groups in total. The summed E-state index contributed by atoms with van der Waals surface area (Å²) in [6.45, 7) is 9.51. The minimum atomic E-state index is 0.313. The highest BCUT2D eigenvalue weighted by atomic mass is 16.5. The normalized spacial score (nSPS) is 22.7. The van der Waals surface area contributed by atoms with Gasteiger partial charge in [-0.25, -0.2) is 0 Å². The van der Waals surface area contributed by atoms with Crippen LogP contribution in [0.1, 0.15) is 26.2 Å². The van der Waals surface area contributed by atoms with Crippen LogP contribution in [-0.2, 0) is 9.53 Å². The zero-order valence-corrected chi connectivity index (χ0v) is 12.1. The number of ether oxygens (including phenoxy) is 1. The minimum Gasteiger partial charge on any atom is -0.378 e. The van der Waals surface area contributed by atoms with E-state index in [-0.39, 0.29) is 0 Å². The number of piperazine rings is 1. The Balaban J connectivity index is 1.61. The van der Waals surface area contributed by atoms with Crippen molar-refractivity contribution in [1.29, 1.82) is 0 Å². The van der Waals surface area contributed by atoms with Crippen LogP contribution in [0, 0.1) is 0 Å². The van der Waals surface area contributed by atoms with Gasteiger partial charge in [0.25, 0.3) is 0 Å². The highest BCUT2D eigenvalue weighted by Crippen LogP contribution is 2.14. The van der Waals surface area contributed by atoms with Crippen molar-refractivity contribution < 1.29 is 9.53 Å². The number of hydrogen-bond donors (Lipinski definition) is 1. The maximum absolute atomic E-state index is 12.1. The summed E-state index contributed by atoms with van der Waals surface area (Å²) in [5.74, 6) is 0.313. The maximum atomic E-state index is 12.1. The summed E-state index contributed by atoms with van der Waals surface area (Å²) in [6, 6.07) is 0. The molecular formula is C14H27N3O2.